The van der Waals surface area contributed by atoms with E-state index < -0.39 is 17.2 Å². The Morgan fingerprint density at radius 1 is 1.10 bits per heavy atom. The van der Waals surface area contributed by atoms with Crippen molar-refractivity contribution < 1.29 is 23.0 Å². The first-order valence-electron chi connectivity index (χ1n) is 9.24. The summed E-state index contributed by atoms with van der Waals surface area (Å²) in [6, 6.07) is 16.7. The Bertz CT molecular complexity index is 1150. The second kappa shape index (κ2) is 9.46. The normalized spacial score (nSPS) is 11.5. The van der Waals surface area contributed by atoms with Crippen LogP contribution in [0.5, 0.6) is 11.5 Å². The molecule has 3 N–H and O–H groups in total. The minimum atomic E-state index is -2.43. The summed E-state index contributed by atoms with van der Waals surface area (Å²) in [4.78, 5) is 12.5. The van der Waals surface area contributed by atoms with Gasteiger partial charge in [0.05, 0.1) is 24.0 Å². The quantitative estimate of drug-likeness (QED) is 0.303. The van der Waals surface area contributed by atoms with Crippen molar-refractivity contribution in [3.8, 4) is 11.5 Å². The molecule has 0 spiro atoms. The second-order valence-corrected chi connectivity index (χ2v) is 7.45. The van der Waals surface area contributed by atoms with Gasteiger partial charge in [-0.15, -0.1) is 0 Å². The van der Waals surface area contributed by atoms with Crippen LogP contribution in [0.1, 0.15) is 21.5 Å². The van der Waals surface area contributed by atoms with Crippen molar-refractivity contribution in [2.45, 2.75) is 6.92 Å². The lowest BCUT2D eigenvalue weighted by Gasteiger charge is -2.23. The number of anilines is 3. The van der Waals surface area contributed by atoms with Gasteiger partial charge in [0.15, 0.2) is 0 Å². The molecule has 31 heavy (non-hydrogen) atoms. The molecule has 3 aromatic rings. The van der Waals surface area contributed by atoms with Gasteiger partial charge < -0.3 is 15.2 Å². The zero-order valence-corrected chi connectivity index (χ0v) is 17.9. The summed E-state index contributed by atoms with van der Waals surface area (Å²) < 4.78 is 34.0. The molecule has 0 fully saturated rings. The summed E-state index contributed by atoms with van der Waals surface area (Å²) in [7, 11) is 1.24. The van der Waals surface area contributed by atoms with Gasteiger partial charge in [-0.2, -0.15) is 0 Å². The number of nitrogens with two attached hydrogens (primary N) is 1. The van der Waals surface area contributed by atoms with E-state index in [1.54, 1.807) is 42.5 Å². The van der Waals surface area contributed by atoms with Crippen LogP contribution in [0.25, 0.3) is 6.08 Å². The van der Waals surface area contributed by atoms with Gasteiger partial charge in [0.2, 0.25) is 0 Å². The van der Waals surface area contributed by atoms with Crippen molar-refractivity contribution in [1.82, 2.24) is 0 Å². The number of aryl methyl sites for hydroxylation is 1. The molecular formula is C23H22N2O5S. The summed E-state index contributed by atoms with van der Waals surface area (Å²) in [6.07, 6.45) is 1.61. The monoisotopic (exact) mass is 438 g/mol. The first-order valence-corrected chi connectivity index (χ1v) is 10.3. The number of rotatable bonds is 7. The van der Waals surface area contributed by atoms with Crippen molar-refractivity contribution in [2.75, 3.05) is 17.1 Å². The molecule has 1 unspecified atom stereocenters. The Balaban J connectivity index is 2.05. The average Bonchev–Trinajstić information content (AvgIpc) is 2.76. The summed E-state index contributed by atoms with van der Waals surface area (Å²) in [5, 5.41) is 0. The van der Waals surface area contributed by atoms with Crippen molar-refractivity contribution in [2.24, 2.45) is 0 Å². The summed E-state index contributed by atoms with van der Waals surface area (Å²) >= 11 is -2.43. The van der Waals surface area contributed by atoms with E-state index in [9.17, 15) is 13.6 Å². The largest absolute Gasteiger partial charge is 0.465 e. The first kappa shape index (κ1) is 22.1. The molecule has 160 valence electrons. The van der Waals surface area contributed by atoms with Crippen LogP contribution in [0.2, 0.25) is 0 Å². The first-order chi connectivity index (χ1) is 14.8. The number of esters is 1. The Labute approximate surface area is 183 Å². The van der Waals surface area contributed by atoms with E-state index in [0.29, 0.717) is 28.4 Å². The molecule has 3 aromatic carbocycles. The zero-order chi connectivity index (χ0) is 22.5. The van der Waals surface area contributed by atoms with Gasteiger partial charge in [0.1, 0.15) is 11.5 Å². The molecule has 1 atom stereocenters. The van der Waals surface area contributed by atoms with Crippen LogP contribution >= 0.6 is 0 Å². The van der Waals surface area contributed by atoms with Crippen molar-refractivity contribution in [3.05, 3.63) is 83.9 Å². The van der Waals surface area contributed by atoms with E-state index in [2.05, 4.69) is 6.58 Å². The second-order valence-electron chi connectivity index (χ2n) is 6.63. The van der Waals surface area contributed by atoms with Gasteiger partial charge in [-0.3, -0.25) is 4.55 Å². The molecule has 0 bridgehead atoms. The lowest BCUT2D eigenvalue weighted by Crippen LogP contribution is -2.22. The van der Waals surface area contributed by atoms with Gasteiger partial charge in [0, 0.05) is 11.3 Å². The predicted octanol–water partition coefficient (Wildman–Crippen LogP) is 5.07. The maximum Gasteiger partial charge on any atom is 0.340 e. The fourth-order valence-corrected chi connectivity index (χ4v) is 3.58. The number of nitrogen functional groups attached to an aromatic ring is 1. The average molecular weight is 439 g/mol. The fraction of sp³-hybridized carbons (Fsp3) is 0.0870. The molecular weight excluding hydrogens is 416 g/mol. The molecule has 8 heteroatoms. The number of carbonyl (C=O) groups is 1. The van der Waals surface area contributed by atoms with Gasteiger partial charge in [-0.1, -0.05) is 30.4 Å². The Hall–Kier alpha value is -3.62. The molecule has 0 amide bonds. The van der Waals surface area contributed by atoms with E-state index in [1.165, 1.54) is 19.2 Å². The lowest BCUT2D eigenvalue weighted by atomic mass is 10.1. The lowest BCUT2D eigenvalue weighted by molar-refractivity contribution is 0.0601. The number of benzene rings is 3. The number of nitrogens with zero attached hydrogens (tertiary/aromatic N) is 1. The third-order valence-corrected chi connectivity index (χ3v) is 5.25. The van der Waals surface area contributed by atoms with Crippen molar-refractivity contribution in [3.63, 3.8) is 0 Å². The minimum Gasteiger partial charge on any atom is -0.465 e. The molecule has 0 radical (unpaired) electrons. The molecule has 0 heterocycles. The maximum absolute atomic E-state index is 12.5. The van der Waals surface area contributed by atoms with Gasteiger partial charge in [-0.05, 0) is 55.5 Å². The highest BCUT2D eigenvalue weighted by Crippen LogP contribution is 2.35. The van der Waals surface area contributed by atoms with Crippen LogP contribution in [-0.2, 0) is 16.0 Å². The van der Waals surface area contributed by atoms with Gasteiger partial charge in [-0.25, -0.2) is 13.3 Å². The summed E-state index contributed by atoms with van der Waals surface area (Å²) in [5.41, 5.74) is 8.86. The van der Waals surface area contributed by atoms with Crippen LogP contribution in [0.15, 0.2) is 67.2 Å². The maximum atomic E-state index is 12.5. The molecule has 0 saturated heterocycles. The van der Waals surface area contributed by atoms with Crippen molar-refractivity contribution in [1.29, 1.82) is 0 Å². The molecule has 0 aromatic heterocycles. The Morgan fingerprint density at radius 3 is 2.35 bits per heavy atom. The molecule has 0 aliphatic heterocycles. The highest BCUT2D eigenvalue weighted by atomic mass is 32.2. The van der Waals surface area contributed by atoms with Crippen LogP contribution in [0, 0.1) is 6.92 Å². The minimum absolute atomic E-state index is 0.0716. The Kier molecular flexibility index (Phi) is 6.74. The third-order valence-electron chi connectivity index (χ3n) is 4.53. The van der Waals surface area contributed by atoms with Crippen LogP contribution in [-0.4, -0.2) is 21.8 Å². The highest BCUT2D eigenvalue weighted by Gasteiger charge is 2.23. The molecule has 0 aliphatic carbocycles. The van der Waals surface area contributed by atoms with E-state index >= 15 is 0 Å². The van der Waals surface area contributed by atoms with Crippen LogP contribution in [0.4, 0.5) is 17.1 Å². The van der Waals surface area contributed by atoms with E-state index in [4.69, 9.17) is 15.2 Å². The van der Waals surface area contributed by atoms with Gasteiger partial charge in [0.25, 0.3) is 11.3 Å². The molecule has 7 nitrogen and oxygen atoms in total. The topological polar surface area (TPSA) is 102 Å². The number of hydrogen-bond donors (Lipinski definition) is 2. The summed E-state index contributed by atoms with van der Waals surface area (Å²) in [5.74, 6) is 0.164. The van der Waals surface area contributed by atoms with Gasteiger partial charge >= 0.3 is 5.97 Å². The number of hydrogen-bond acceptors (Lipinski definition) is 5. The predicted molar refractivity (Wildman–Crippen MR) is 123 cm³/mol. The van der Waals surface area contributed by atoms with E-state index in [-0.39, 0.29) is 11.3 Å². The fourth-order valence-electron chi connectivity index (χ4n) is 2.95. The SMILES string of the molecule is C=Cc1cc(Oc2ccc(N(c3ccc(C)cc3)S(=O)O)c(C(=O)OC)c2)ccc1N. The zero-order valence-electron chi connectivity index (χ0n) is 17.1. The molecule has 0 aliphatic rings. The van der Waals surface area contributed by atoms with Crippen LogP contribution in [0.3, 0.4) is 0 Å². The third kappa shape index (κ3) is 4.93. The number of ether oxygens (including phenoxy) is 2. The van der Waals surface area contributed by atoms with Crippen molar-refractivity contribution >= 4 is 40.4 Å². The standard InChI is InChI=1S/C23H22N2O5S/c1-4-16-13-18(9-11-21(16)24)30-19-10-12-22(20(14-19)23(26)29-3)25(31(27)28)17-7-5-15(2)6-8-17/h4-14H,1,24H2,2-3H3,(H,27,28). The molecule has 0 saturated carbocycles. The Morgan fingerprint density at radius 2 is 1.74 bits per heavy atom. The van der Waals surface area contributed by atoms with E-state index in [1.807, 2.05) is 19.1 Å². The number of carbonyl (C=O) groups excluding carboxylic acids is 1. The highest BCUT2D eigenvalue weighted by molar-refractivity contribution is 7.81. The van der Waals surface area contributed by atoms with Crippen LogP contribution < -0.4 is 14.8 Å². The smallest absolute Gasteiger partial charge is 0.340 e. The van der Waals surface area contributed by atoms with E-state index in [0.717, 1.165) is 9.87 Å². The summed E-state index contributed by atoms with van der Waals surface area (Å²) in [6.45, 7) is 5.62. The molecule has 3 rings (SSSR count). The number of methoxy groups -OCH3 is 1.